The molecular formula is C44H51F3N12O5. The summed E-state index contributed by atoms with van der Waals surface area (Å²) in [4.78, 5) is 62.8. The number of carbonyl (C=O) groups is 3. The molecule has 1 saturated carbocycles. The third-order valence-electron chi connectivity index (χ3n) is 14.8. The molecule has 1 aliphatic carbocycles. The molecule has 20 heteroatoms. The zero-order valence-corrected chi connectivity index (χ0v) is 35.5. The third-order valence-corrected chi connectivity index (χ3v) is 14.8. The second-order valence-electron chi connectivity index (χ2n) is 18.6. The molecule has 11 rings (SSSR count). The number of imidazole rings is 1. The number of fused-ring (bicyclic) bond motifs is 4. The van der Waals surface area contributed by atoms with Gasteiger partial charge in [-0.2, -0.15) is 10.2 Å². The highest BCUT2D eigenvalue weighted by molar-refractivity contribution is 6.08. The highest BCUT2D eigenvalue weighted by Gasteiger charge is 2.43. The van der Waals surface area contributed by atoms with E-state index in [1.807, 2.05) is 24.3 Å². The Morgan fingerprint density at radius 2 is 1.84 bits per heavy atom. The van der Waals surface area contributed by atoms with Crippen molar-refractivity contribution in [1.29, 1.82) is 0 Å². The molecule has 5 atom stereocenters. The number of halogens is 3. The summed E-state index contributed by atoms with van der Waals surface area (Å²) in [5.41, 5.74) is 2.11. The molecule has 0 spiro atoms. The molecule has 338 valence electrons. The molecule has 2 bridgehead atoms. The van der Waals surface area contributed by atoms with Gasteiger partial charge >= 0.3 is 5.69 Å². The third kappa shape index (κ3) is 7.17. The molecule has 1 unspecified atom stereocenters. The Labute approximate surface area is 365 Å². The summed E-state index contributed by atoms with van der Waals surface area (Å²) in [5.74, 6) is -0.224. The number of anilines is 2. The van der Waals surface area contributed by atoms with Crippen LogP contribution in [0, 0.1) is 5.92 Å². The van der Waals surface area contributed by atoms with E-state index in [-0.39, 0.29) is 65.8 Å². The molecule has 1 aromatic carbocycles. The van der Waals surface area contributed by atoms with Crippen molar-refractivity contribution < 1.29 is 32.3 Å². The first-order valence-corrected chi connectivity index (χ1v) is 22.5. The molecule has 4 aromatic heterocycles. The van der Waals surface area contributed by atoms with E-state index < -0.39 is 36.1 Å². The quantitative estimate of drug-likeness (QED) is 0.195. The van der Waals surface area contributed by atoms with E-state index in [0.29, 0.717) is 49.7 Å². The van der Waals surface area contributed by atoms with Crippen molar-refractivity contribution in [3.05, 3.63) is 70.2 Å². The van der Waals surface area contributed by atoms with Crippen LogP contribution in [0.3, 0.4) is 0 Å². The van der Waals surface area contributed by atoms with Crippen molar-refractivity contribution in [2.45, 2.75) is 100 Å². The summed E-state index contributed by atoms with van der Waals surface area (Å²) in [7, 11) is 1.71. The molecule has 17 nitrogen and oxygen atoms in total. The van der Waals surface area contributed by atoms with Crippen LogP contribution in [0.5, 0.6) is 0 Å². The van der Waals surface area contributed by atoms with Gasteiger partial charge in [-0.25, -0.2) is 27.5 Å². The Kier molecular flexibility index (Phi) is 10.4. The molecule has 5 saturated heterocycles. The number of carbonyl (C=O) groups excluding carboxylic acids is 3. The lowest BCUT2D eigenvalue weighted by Gasteiger charge is -2.49. The first kappa shape index (κ1) is 41.1. The van der Waals surface area contributed by atoms with Crippen molar-refractivity contribution in [2.24, 2.45) is 13.0 Å². The number of para-hydroxylation sites is 1. The largest absolute Gasteiger partial charge is 0.374 e. The number of morpholine rings is 1. The van der Waals surface area contributed by atoms with Gasteiger partial charge in [0.1, 0.15) is 23.6 Å². The van der Waals surface area contributed by atoms with Crippen molar-refractivity contribution in [2.75, 3.05) is 56.1 Å². The van der Waals surface area contributed by atoms with Crippen LogP contribution in [0.15, 0.2) is 47.7 Å². The van der Waals surface area contributed by atoms with Gasteiger partial charge in [-0.1, -0.05) is 12.1 Å². The summed E-state index contributed by atoms with van der Waals surface area (Å²) < 4.78 is 56.5. The van der Waals surface area contributed by atoms with Crippen LogP contribution >= 0.6 is 0 Å². The van der Waals surface area contributed by atoms with E-state index in [4.69, 9.17) is 9.72 Å². The first-order valence-electron chi connectivity index (χ1n) is 22.5. The van der Waals surface area contributed by atoms with Crippen LogP contribution in [0.25, 0.3) is 16.7 Å². The maximum atomic E-state index is 15.9. The summed E-state index contributed by atoms with van der Waals surface area (Å²) >= 11 is 0. The number of ether oxygens (including phenoxy) is 1. The molecular weight excluding hydrogens is 834 g/mol. The smallest absolute Gasteiger partial charge is 0.329 e. The fourth-order valence-corrected chi connectivity index (χ4v) is 11.4. The number of nitrogens with zero attached hydrogens (tertiary/aromatic N) is 10. The number of aromatic nitrogens is 7. The van der Waals surface area contributed by atoms with Crippen LogP contribution in [0.2, 0.25) is 0 Å². The van der Waals surface area contributed by atoms with Crippen molar-refractivity contribution in [3.63, 3.8) is 0 Å². The van der Waals surface area contributed by atoms with Crippen LogP contribution < -0.4 is 21.2 Å². The van der Waals surface area contributed by atoms with E-state index in [1.165, 1.54) is 21.5 Å². The molecule has 6 fully saturated rings. The predicted molar refractivity (Wildman–Crippen MR) is 227 cm³/mol. The van der Waals surface area contributed by atoms with Crippen LogP contribution in [0.4, 0.5) is 24.7 Å². The summed E-state index contributed by atoms with van der Waals surface area (Å²) in [5, 5.41) is 13.6. The second kappa shape index (κ2) is 16.1. The lowest BCUT2D eigenvalue weighted by Crippen LogP contribution is -2.59. The monoisotopic (exact) mass is 884 g/mol. The minimum Gasteiger partial charge on any atom is -0.374 e. The Balaban J connectivity index is 0.680. The van der Waals surface area contributed by atoms with Crippen molar-refractivity contribution in [1.82, 2.24) is 48.6 Å². The molecule has 5 aliphatic heterocycles. The molecule has 2 N–H and O–H groups in total. The molecule has 0 radical (unpaired) electrons. The van der Waals surface area contributed by atoms with Crippen molar-refractivity contribution >= 4 is 45.9 Å². The number of hydrogen-bond donors (Lipinski definition) is 2. The molecule has 3 amide bonds. The average Bonchev–Trinajstić information content (AvgIpc) is 4.12. The summed E-state index contributed by atoms with van der Waals surface area (Å²) in [6.07, 6.45) is 6.14. The number of imide groups is 1. The maximum absolute atomic E-state index is 15.9. The van der Waals surface area contributed by atoms with E-state index in [9.17, 15) is 28.0 Å². The summed E-state index contributed by atoms with van der Waals surface area (Å²) in [6, 6.07) is 6.77. The van der Waals surface area contributed by atoms with Gasteiger partial charge in [0.2, 0.25) is 11.8 Å². The lowest BCUT2D eigenvalue weighted by atomic mass is 9.84. The maximum Gasteiger partial charge on any atom is 0.329 e. The molecule has 9 heterocycles. The van der Waals surface area contributed by atoms with Gasteiger partial charge in [0, 0.05) is 70.5 Å². The zero-order chi connectivity index (χ0) is 44.0. The number of aryl methyl sites for hydroxylation is 1. The number of nitrogens with one attached hydrogen (secondary N) is 2. The number of rotatable bonds is 10. The minimum absolute atomic E-state index is 0.0384. The van der Waals surface area contributed by atoms with Gasteiger partial charge in [-0.15, -0.1) is 0 Å². The molecule has 64 heavy (non-hydrogen) atoms. The number of piperidine rings is 2. The number of likely N-dealkylation sites (tertiary alicyclic amines) is 2. The van der Waals surface area contributed by atoms with Crippen LogP contribution in [-0.2, 0) is 21.4 Å². The first-order chi connectivity index (χ1) is 31.0. The topological polar surface area (TPSA) is 169 Å². The molecule has 6 aliphatic rings. The minimum atomic E-state index is -2.89. The highest BCUT2D eigenvalue weighted by Crippen LogP contribution is 2.39. The zero-order valence-electron chi connectivity index (χ0n) is 35.5. The average molecular weight is 885 g/mol. The Bertz CT molecular complexity index is 2700. The van der Waals surface area contributed by atoms with Crippen LogP contribution in [0.1, 0.15) is 97.4 Å². The SMILES string of the molecule is Cn1c(=O)n(C2CCC(=O)NC2=O)c2cccc(C3CN([C@@H]4CCN(CC5CCC(n6cc(NC(=O)c7cnn8ccc(N9C[C@H]%10C[C@@H]9CO%10)nc78)c(C(F)F)n6)CC5)C[C@@H]4F)C3)c21. The normalized spacial score (nSPS) is 28.1. The van der Waals surface area contributed by atoms with Gasteiger partial charge in [0.15, 0.2) is 11.3 Å². The fraction of sp³-hybridized carbons (Fsp3) is 0.568. The van der Waals surface area contributed by atoms with Gasteiger partial charge in [0.25, 0.3) is 12.3 Å². The number of benzene rings is 1. The van der Waals surface area contributed by atoms with Crippen LogP contribution in [-0.4, -0.2) is 131 Å². The van der Waals surface area contributed by atoms with Gasteiger partial charge in [-0.05, 0) is 75.1 Å². The van der Waals surface area contributed by atoms with Gasteiger partial charge < -0.3 is 19.9 Å². The Morgan fingerprint density at radius 1 is 1.02 bits per heavy atom. The second-order valence-corrected chi connectivity index (χ2v) is 18.6. The highest BCUT2D eigenvalue weighted by atomic mass is 19.3. The molecule has 5 aromatic rings. The predicted octanol–water partition coefficient (Wildman–Crippen LogP) is 3.97. The van der Waals surface area contributed by atoms with E-state index in [1.54, 1.807) is 22.5 Å². The van der Waals surface area contributed by atoms with E-state index >= 15 is 4.39 Å². The fourth-order valence-electron chi connectivity index (χ4n) is 11.4. The number of alkyl halides is 3. The van der Waals surface area contributed by atoms with E-state index in [0.717, 1.165) is 68.6 Å². The number of amides is 3. The van der Waals surface area contributed by atoms with Gasteiger partial charge in [-0.3, -0.25) is 38.4 Å². The lowest BCUT2D eigenvalue weighted by molar-refractivity contribution is -0.135. The number of hydrogen-bond acceptors (Lipinski definition) is 11. The Morgan fingerprint density at radius 3 is 2.58 bits per heavy atom. The summed E-state index contributed by atoms with van der Waals surface area (Å²) in [6.45, 7) is 4.60. The van der Waals surface area contributed by atoms with E-state index in [2.05, 4.69) is 35.5 Å². The van der Waals surface area contributed by atoms with Gasteiger partial charge in [0.05, 0.1) is 47.7 Å². The van der Waals surface area contributed by atoms with Crippen molar-refractivity contribution in [3.8, 4) is 0 Å². The standard InChI is InChI=1S/C44H51F3N12O5/c1-53-39-29(3-2-4-34(39)59(44(53)63)35-9-10-37(60)51-43(35)62)25-18-55(19-25)33-11-13-54(21-31(33)45)17-24-5-7-26(8-6-24)58-22-32(38(52-58)40(46)47)49-42(61)30-16-48-57-14-12-36(50-41(30)57)56-20-28-15-27(56)23-64-28/h2-4,12,14,16,22,24-28,31,33,35,40H,5-11,13,15,17-21,23H2,1H3,(H,49,61)(H,51,60,62)/t24?,26?,27-,28-,31+,33-,35?/m1/s1. The Hall–Kier alpha value is -5.60.